The topological polar surface area (TPSA) is 37.3 Å². The lowest BCUT2D eigenvalue weighted by Gasteiger charge is -2.53. The first kappa shape index (κ1) is 13.1. The molecule has 0 spiro atoms. The summed E-state index contributed by atoms with van der Waals surface area (Å²) in [7, 11) is 0. The monoisotopic (exact) mass is 274 g/mol. The smallest absolute Gasteiger partial charge is 0.139 e. The Bertz CT molecular complexity index is 454. The molecule has 0 saturated heterocycles. The number of Topliss-reactive ketones (excluding diaryl/α,β-unsaturated/α-hetero) is 1. The quantitative estimate of drug-likeness (QED) is 0.688. The number of aliphatic hydroxyl groups is 1. The summed E-state index contributed by atoms with van der Waals surface area (Å²) in [6.45, 7) is 2.25. The lowest BCUT2D eigenvalue weighted by atomic mass is 9.51. The molecule has 0 aromatic rings. The molecule has 4 rings (SSSR count). The molecule has 0 heterocycles. The Kier molecular flexibility index (Phi) is 2.89. The van der Waals surface area contributed by atoms with Gasteiger partial charge in [0, 0.05) is 11.8 Å². The average molecular weight is 274 g/mol. The summed E-state index contributed by atoms with van der Waals surface area (Å²) >= 11 is 0. The van der Waals surface area contributed by atoms with E-state index in [1.165, 1.54) is 19.3 Å². The first-order valence-electron chi connectivity index (χ1n) is 8.49. The highest BCUT2D eigenvalue weighted by Gasteiger charge is 2.56. The molecule has 2 nitrogen and oxygen atoms in total. The van der Waals surface area contributed by atoms with Gasteiger partial charge < -0.3 is 5.11 Å². The summed E-state index contributed by atoms with van der Waals surface area (Å²) in [5, 5.41) is 9.84. The molecule has 20 heavy (non-hydrogen) atoms. The minimum Gasteiger partial charge on any atom is -0.389 e. The molecule has 110 valence electrons. The molecular formula is C18H26O2. The van der Waals surface area contributed by atoms with E-state index in [-0.39, 0.29) is 11.5 Å². The first-order chi connectivity index (χ1) is 9.59. The Hall–Kier alpha value is -0.630. The van der Waals surface area contributed by atoms with Gasteiger partial charge in [-0.2, -0.15) is 0 Å². The Morgan fingerprint density at radius 1 is 1.15 bits per heavy atom. The standard InChI is InChI=1S/C18H26O2/c1-18-9-8-14-13-5-3-12(19)10-11(13)2-4-15(14)16(18)6-7-17(18)20/h3,5,11-16,19H,2,4,6-10H2,1H3/t11-,12+,13-,14+,15+,16-,18-/m0/s1. The van der Waals surface area contributed by atoms with Crippen LogP contribution in [0.5, 0.6) is 0 Å². The fourth-order valence-corrected chi connectivity index (χ4v) is 6.15. The Labute approximate surface area is 121 Å². The van der Waals surface area contributed by atoms with Gasteiger partial charge in [0.25, 0.3) is 0 Å². The second-order valence-corrected chi connectivity index (χ2v) is 7.95. The van der Waals surface area contributed by atoms with Gasteiger partial charge in [-0.1, -0.05) is 19.1 Å². The minimum absolute atomic E-state index is 0.00585. The van der Waals surface area contributed by atoms with Gasteiger partial charge in [0.15, 0.2) is 0 Å². The van der Waals surface area contributed by atoms with Crippen molar-refractivity contribution < 1.29 is 9.90 Å². The van der Waals surface area contributed by atoms with Crippen molar-refractivity contribution in [3.63, 3.8) is 0 Å². The van der Waals surface area contributed by atoms with E-state index in [2.05, 4.69) is 13.0 Å². The van der Waals surface area contributed by atoms with Crippen LogP contribution in [0.4, 0.5) is 0 Å². The summed E-state index contributed by atoms with van der Waals surface area (Å²) in [6.07, 6.45) is 11.9. The zero-order valence-electron chi connectivity index (χ0n) is 12.4. The van der Waals surface area contributed by atoms with Crippen molar-refractivity contribution in [2.75, 3.05) is 0 Å². The van der Waals surface area contributed by atoms with Crippen molar-refractivity contribution in [1.29, 1.82) is 0 Å². The molecule has 1 N–H and O–H groups in total. The zero-order chi connectivity index (χ0) is 13.9. The number of aliphatic hydroxyl groups excluding tert-OH is 1. The van der Waals surface area contributed by atoms with E-state index in [0.717, 1.165) is 37.5 Å². The third-order valence-electron chi connectivity index (χ3n) is 7.21. The van der Waals surface area contributed by atoms with Crippen molar-refractivity contribution in [1.82, 2.24) is 0 Å². The van der Waals surface area contributed by atoms with Crippen molar-refractivity contribution in [3.8, 4) is 0 Å². The van der Waals surface area contributed by atoms with Gasteiger partial charge in [-0.25, -0.2) is 0 Å². The fraction of sp³-hybridized carbons (Fsp3) is 0.833. The highest BCUT2D eigenvalue weighted by Crippen LogP contribution is 2.60. The summed E-state index contributed by atoms with van der Waals surface area (Å²) in [6, 6.07) is 0. The number of hydrogen-bond acceptors (Lipinski definition) is 2. The number of carbonyl (C=O) groups is 1. The van der Waals surface area contributed by atoms with Crippen LogP contribution in [0.1, 0.15) is 51.9 Å². The van der Waals surface area contributed by atoms with Gasteiger partial charge in [-0.15, -0.1) is 0 Å². The molecule has 3 saturated carbocycles. The van der Waals surface area contributed by atoms with Gasteiger partial charge in [-0.3, -0.25) is 4.79 Å². The Morgan fingerprint density at radius 3 is 2.85 bits per heavy atom. The maximum absolute atomic E-state index is 12.3. The molecule has 0 aromatic carbocycles. The lowest BCUT2D eigenvalue weighted by Crippen LogP contribution is -2.48. The maximum atomic E-state index is 12.3. The van der Waals surface area contributed by atoms with Crippen LogP contribution in [0.3, 0.4) is 0 Å². The Morgan fingerprint density at radius 2 is 2.00 bits per heavy atom. The van der Waals surface area contributed by atoms with Crippen molar-refractivity contribution in [3.05, 3.63) is 12.2 Å². The third-order valence-corrected chi connectivity index (χ3v) is 7.21. The minimum atomic E-state index is -0.213. The number of carbonyl (C=O) groups excluding carboxylic acids is 1. The fourth-order valence-electron chi connectivity index (χ4n) is 6.15. The highest BCUT2D eigenvalue weighted by molar-refractivity contribution is 5.87. The van der Waals surface area contributed by atoms with Crippen molar-refractivity contribution in [2.24, 2.45) is 35.0 Å². The molecule has 0 aliphatic heterocycles. The molecule has 0 radical (unpaired) electrons. The van der Waals surface area contributed by atoms with Crippen LogP contribution < -0.4 is 0 Å². The van der Waals surface area contributed by atoms with E-state index < -0.39 is 0 Å². The third kappa shape index (κ3) is 1.70. The number of allylic oxidation sites excluding steroid dienone is 1. The van der Waals surface area contributed by atoms with Gasteiger partial charge in [-0.05, 0) is 68.1 Å². The molecule has 0 unspecified atom stereocenters. The van der Waals surface area contributed by atoms with E-state index in [1.807, 2.05) is 6.08 Å². The van der Waals surface area contributed by atoms with E-state index >= 15 is 0 Å². The predicted octanol–water partition coefficient (Wildman–Crippen LogP) is 3.35. The van der Waals surface area contributed by atoms with Gasteiger partial charge >= 0.3 is 0 Å². The number of hydrogen-bond donors (Lipinski definition) is 1. The number of fused-ring (bicyclic) bond motifs is 5. The molecule has 0 bridgehead atoms. The van der Waals surface area contributed by atoms with Crippen LogP contribution in [0.2, 0.25) is 0 Å². The van der Waals surface area contributed by atoms with Crippen LogP contribution in [0, 0.1) is 35.0 Å². The lowest BCUT2D eigenvalue weighted by molar-refractivity contribution is -0.131. The van der Waals surface area contributed by atoms with Gasteiger partial charge in [0.1, 0.15) is 5.78 Å². The second kappa shape index (κ2) is 4.43. The van der Waals surface area contributed by atoms with E-state index in [1.54, 1.807) is 0 Å². The molecule has 4 aliphatic rings. The normalized spacial score (nSPS) is 54.2. The molecule has 2 heteroatoms. The van der Waals surface area contributed by atoms with Gasteiger partial charge in [0.05, 0.1) is 6.10 Å². The highest BCUT2D eigenvalue weighted by atomic mass is 16.3. The van der Waals surface area contributed by atoms with Crippen LogP contribution in [-0.2, 0) is 4.79 Å². The van der Waals surface area contributed by atoms with E-state index in [4.69, 9.17) is 0 Å². The maximum Gasteiger partial charge on any atom is 0.139 e. The molecule has 3 fully saturated rings. The van der Waals surface area contributed by atoms with E-state index in [9.17, 15) is 9.90 Å². The SMILES string of the molecule is C[C@]12CC[C@@H]3[C@H]4C=C[C@@H](O)C[C@@H]4CC[C@H]3[C@@H]1CCC2=O. The largest absolute Gasteiger partial charge is 0.389 e. The molecular weight excluding hydrogens is 248 g/mol. The van der Waals surface area contributed by atoms with Crippen LogP contribution in [-0.4, -0.2) is 17.0 Å². The average Bonchev–Trinajstić information content (AvgIpc) is 2.74. The summed E-state index contributed by atoms with van der Waals surface area (Å²) in [5.41, 5.74) is 0.00585. The van der Waals surface area contributed by atoms with Crippen LogP contribution in [0.15, 0.2) is 12.2 Å². The van der Waals surface area contributed by atoms with Crippen LogP contribution in [0.25, 0.3) is 0 Å². The number of ketones is 1. The van der Waals surface area contributed by atoms with E-state index in [0.29, 0.717) is 23.5 Å². The summed E-state index contributed by atoms with van der Waals surface area (Å²) in [4.78, 5) is 12.3. The summed E-state index contributed by atoms with van der Waals surface area (Å²) < 4.78 is 0. The molecule has 4 aliphatic carbocycles. The van der Waals surface area contributed by atoms with Crippen LogP contribution >= 0.6 is 0 Å². The summed E-state index contributed by atoms with van der Waals surface area (Å²) in [5.74, 6) is 4.10. The molecule has 0 aromatic heterocycles. The predicted molar refractivity (Wildman–Crippen MR) is 78.0 cm³/mol. The number of rotatable bonds is 0. The van der Waals surface area contributed by atoms with Crippen molar-refractivity contribution in [2.45, 2.75) is 58.0 Å². The molecule has 7 atom stereocenters. The van der Waals surface area contributed by atoms with Gasteiger partial charge in [0.2, 0.25) is 0 Å². The van der Waals surface area contributed by atoms with Crippen molar-refractivity contribution >= 4 is 5.78 Å². The first-order valence-corrected chi connectivity index (χ1v) is 8.49. The zero-order valence-corrected chi connectivity index (χ0v) is 12.4. The second-order valence-electron chi connectivity index (χ2n) is 7.95. The Balaban J connectivity index is 1.62. The molecule has 0 amide bonds.